The number of fused-ring (bicyclic) bond motifs is 1. The van der Waals surface area contributed by atoms with Gasteiger partial charge in [0.15, 0.2) is 5.75 Å². The third-order valence-electron chi connectivity index (χ3n) is 6.40. The van der Waals surface area contributed by atoms with Crippen LogP contribution in [0.25, 0.3) is 10.9 Å². The summed E-state index contributed by atoms with van der Waals surface area (Å²) >= 11 is 18.5. The number of nitrogens with zero attached hydrogens (tertiary/aromatic N) is 2. The van der Waals surface area contributed by atoms with Gasteiger partial charge in [0.1, 0.15) is 30.4 Å². The van der Waals surface area contributed by atoms with Gasteiger partial charge < -0.3 is 23.7 Å². The molecular weight excluding hydrogens is 575 g/mol. The van der Waals surface area contributed by atoms with Crippen molar-refractivity contribution in [1.82, 2.24) is 9.72 Å². The van der Waals surface area contributed by atoms with Crippen LogP contribution in [0.1, 0.15) is 46.3 Å². The van der Waals surface area contributed by atoms with E-state index in [0.717, 1.165) is 34.2 Å². The number of rotatable bonds is 11. The van der Waals surface area contributed by atoms with Crippen LogP contribution in [0.15, 0.2) is 71.4 Å². The lowest BCUT2D eigenvalue weighted by molar-refractivity contribution is 0.0696. The summed E-state index contributed by atoms with van der Waals surface area (Å²) in [5.41, 5.74) is 3.60. The number of aryl methyl sites for hydroxylation is 1. The summed E-state index contributed by atoms with van der Waals surface area (Å²) in [6, 6.07) is 17.9. The lowest BCUT2D eigenvalue weighted by Crippen LogP contribution is -2.05. The molecule has 0 spiro atoms. The molecule has 0 aliphatic carbocycles. The van der Waals surface area contributed by atoms with Crippen molar-refractivity contribution < 1.29 is 23.9 Å². The van der Waals surface area contributed by atoms with Crippen LogP contribution < -0.4 is 9.47 Å². The Labute approximate surface area is 245 Å². The normalized spacial score (nSPS) is 11.2. The van der Waals surface area contributed by atoms with E-state index in [0.29, 0.717) is 45.2 Å². The molecular formula is C30H25Cl3N2O5. The maximum Gasteiger partial charge on any atom is 0.335 e. The number of aromatic carboxylic acids is 1. The molecule has 1 N–H and O–H groups in total. The van der Waals surface area contributed by atoms with Gasteiger partial charge >= 0.3 is 5.97 Å². The third-order valence-corrected chi connectivity index (χ3v) is 7.18. The molecule has 0 unspecified atom stereocenters. The minimum atomic E-state index is -0.941. The van der Waals surface area contributed by atoms with Crippen molar-refractivity contribution in [3.05, 3.63) is 110 Å². The number of carboxylic acid groups (broad SMARTS) is 1. The van der Waals surface area contributed by atoms with Gasteiger partial charge in [-0.3, -0.25) is 0 Å². The molecule has 0 aliphatic rings. The van der Waals surface area contributed by atoms with Gasteiger partial charge in [0.05, 0.1) is 21.2 Å². The second-order valence-corrected chi connectivity index (χ2v) is 10.5. The summed E-state index contributed by atoms with van der Waals surface area (Å²) in [6.07, 6.45) is 3.56. The molecule has 0 radical (unpaired) electrons. The molecule has 0 bridgehead atoms. The first-order valence-corrected chi connectivity index (χ1v) is 13.7. The van der Waals surface area contributed by atoms with Crippen LogP contribution in [0.3, 0.4) is 0 Å². The van der Waals surface area contributed by atoms with Crippen LogP contribution in [0.4, 0.5) is 0 Å². The van der Waals surface area contributed by atoms with Gasteiger partial charge in [0.2, 0.25) is 0 Å². The Morgan fingerprint density at radius 1 is 1.00 bits per heavy atom. The molecule has 5 rings (SSSR count). The fourth-order valence-electron chi connectivity index (χ4n) is 4.45. The molecule has 5 aromatic rings. The van der Waals surface area contributed by atoms with Crippen LogP contribution >= 0.6 is 34.8 Å². The third kappa shape index (κ3) is 6.22. The van der Waals surface area contributed by atoms with Gasteiger partial charge in [-0.25, -0.2) is 4.79 Å². The summed E-state index contributed by atoms with van der Waals surface area (Å²) in [4.78, 5) is 11.3. The van der Waals surface area contributed by atoms with Gasteiger partial charge in [-0.2, -0.15) is 0 Å². The summed E-state index contributed by atoms with van der Waals surface area (Å²) in [5.74, 6) is 0.815. The van der Waals surface area contributed by atoms with Crippen LogP contribution in [0.5, 0.6) is 11.5 Å². The second kappa shape index (κ2) is 12.3. The number of hydrogen-bond donors (Lipinski definition) is 1. The molecule has 0 saturated heterocycles. The monoisotopic (exact) mass is 598 g/mol. The van der Waals surface area contributed by atoms with Crippen molar-refractivity contribution >= 4 is 51.7 Å². The molecule has 40 heavy (non-hydrogen) atoms. The average molecular weight is 600 g/mol. The second-order valence-electron chi connectivity index (χ2n) is 9.23. The predicted molar refractivity (Wildman–Crippen MR) is 155 cm³/mol. The van der Waals surface area contributed by atoms with Crippen molar-refractivity contribution in [1.29, 1.82) is 0 Å². The highest BCUT2D eigenvalue weighted by Gasteiger charge is 2.19. The maximum atomic E-state index is 11.3. The number of hydrogen-bond acceptors (Lipinski definition) is 5. The Morgan fingerprint density at radius 3 is 2.55 bits per heavy atom. The van der Waals surface area contributed by atoms with Gasteiger partial charge in [-0.15, -0.1) is 0 Å². The number of ether oxygens (including phenoxy) is 2. The topological polar surface area (TPSA) is 86.7 Å². The summed E-state index contributed by atoms with van der Waals surface area (Å²) in [5, 5.41) is 15.5. The summed E-state index contributed by atoms with van der Waals surface area (Å²) in [6.45, 7) is 2.95. The number of halogens is 3. The number of aromatic nitrogens is 2. The zero-order chi connectivity index (χ0) is 28.2. The highest BCUT2D eigenvalue weighted by atomic mass is 35.5. The smallest absolute Gasteiger partial charge is 0.335 e. The van der Waals surface area contributed by atoms with Gasteiger partial charge in [0, 0.05) is 35.1 Å². The maximum absolute atomic E-state index is 11.3. The highest BCUT2D eigenvalue weighted by Crippen LogP contribution is 2.36. The van der Waals surface area contributed by atoms with E-state index in [-0.39, 0.29) is 18.8 Å². The Bertz CT molecular complexity index is 1650. The Balaban J connectivity index is 1.31. The minimum Gasteiger partial charge on any atom is -0.489 e. The first-order valence-electron chi connectivity index (χ1n) is 12.6. The zero-order valence-electron chi connectivity index (χ0n) is 21.5. The van der Waals surface area contributed by atoms with E-state index in [9.17, 15) is 9.90 Å². The van der Waals surface area contributed by atoms with Gasteiger partial charge in [-0.05, 0) is 60.5 Å². The highest BCUT2D eigenvalue weighted by molar-refractivity contribution is 6.40. The van der Waals surface area contributed by atoms with Crippen molar-refractivity contribution in [3.8, 4) is 11.5 Å². The van der Waals surface area contributed by atoms with E-state index in [1.165, 1.54) is 0 Å². The predicted octanol–water partition coefficient (Wildman–Crippen LogP) is 8.45. The first kappa shape index (κ1) is 27.9. The average Bonchev–Trinajstić information content (AvgIpc) is 3.50. The van der Waals surface area contributed by atoms with Crippen LogP contribution in [-0.4, -0.2) is 20.8 Å². The van der Waals surface area contributed by atoms with Crippen molar-refractivity contribution in [2.45, 2.75) is 39.5 Å². The van der Waals surface area contributed by atoms with E-state index in [1.807, 2.05) is 36.5 Å². The zero-order valence-corrected chi connectivity index (χ0v) is 23.8. The van der Waals surface area contributed by atoms with E-state index < -0.39 is 5.97 Å². The lowest BCUT2D eigenvalue weighted by Gasteiger charge is -2.11. The van der Waals surface area contributed by atoms with E-state index in [2.05, 4.69) is 16.6 Å². The molecule has 0 aliphatic heterocycles. The van der Waals surface area contributed by atoms with Crippen molar-refractivity contribution in [2.24, 2.45) is 0 Å². The number of carbonyl (C=O) groups is 1. The molecule has 206 valence electrons. The van der Waals surface area contributed by atoms with E-state index in [4.69, 9.17) is 48.8 Å². The van der Waals surface area contributed by atoms with Crippen LogP contribution in [0.2, 0.25) is 15.1 Å². The standard InChI is InChI=1S/C30H25Cl3N2O5/c1-2-4-28-23(26(34-40-28)17-39-29-24(32)13-21(31)14-25(29)33)16-38-22-7-8-27-19(12-22)9-10-35(27)15-18-5-3-6-20(11-18)30(36)37/h3,5-14H,2,4,15-17H2,1H3,(H,36,37). The number of carboxylic acids is 1. The fraction of sp³-hybridized carbons (Fsp3) is 0.200. The Hall–Kier alpha value is -3.65. The molecule has 0 saturated carbocycles. The van der Waals surface area contributed by atoms with Crippen molar-refractivity contribution in [3.63, 3.8) is 0 Å². The van der Waals surface area contributed by atoms with Crippen molar-refractivity contribution in [2.75, 3.05) is 0 Å². The molecule has 0 fully saturated rings. The van der Waals surface area contributed by atoms with E-state index >= 15 is 0 Å². The Kier molecular flexibility index (Phi) is 8.54. The molecule has 0 atom stereocenters. The summed E-state index contributed by atoms with van der Waals surface area (Å²) in [7, 11) is 0. The molecule has 10 heteroatoms. The molecule has 7 nitrogen and oxygen atoms in total. The lowest BCUT2D eigenvalue weighted by atomic mass is 10.1. The van der Waals surface area contributed by atoms with E-state index in [1.54, 1.807) is 30.3 Å². The molecule has 3 aromatic carbocycles. The minimum absolute atomic E-state index is 0.0952. The molecule has 2 heterocycles. The summed E-state index contributed by atoms with van der Waals surface area (Å²) < 4.78 is 19.7. The number of benzene rings is 3. The Morgan fingerprint density at radius 2 is 1.80 bits per heavy atom. The first-order chi connectivity index (χ1) is 19.3. The van der Waals surface area contributed by atoms with Crippen LogP contribution in [-0.2, 0) is 26.2 Å². The molecule has 0 amide bonds. The van der Waals surface area contributed by atoms with Crippen LogP contribution in [0, 0.1) is 0 Å². The largest absolute Gasteiger partial charge is 0.489 e. The fourth-order valence-corrected chi connectivity index (χ4v) is 5.38. The quantitative estimate of drug-likeness (QED) is 0.164. The van der Waals surface area contributed by atoms with Gasteiger partial charge in [-0.1, -0.05) is 59.0 Å². The molecule has 2 aromatic heterocycles. The SMILES string of the molecule is CCCc1onc(COc2c(Cl)cc(Cl)cc2Cl)c1COc1ccc2c(ccn2Cc2cccc(C(=O)O)c2)c1. The van der Waals surface area contributed by atoms with Gasteiger partial charge in [0.25, 0.3) is 0 Å².